The van der Waals surface area contributed by atoms with Crippen LogP contribution in [0.4, 0.5) is 0 Å². The molecule has 21 heavy (non-hydrogen) atoms. The summed E-state index contributed by atoms with van der Waals surface area (Å²) in [6.07, 6.45) is 1.71. The maximum absolute atomic E-state index is 12.2. The molecule has 5 nitrogen and oxygen atoms in total. The Hall–Kier alpha value is -2.14. The minimum atomic E-state index is -0.368. The molecule has 0 saturated heterocycles. The third kappa shape index (κ3) is 4.16. The van der Waals surface area contributed by atoms with E-state index in [1.165, 1.54) is 6.20 Å². The number of nitrogens with one attached hydrogen (secondary N) is 1. The van der Waals surface area contributed by atoms with E-state index in [0.29, 0.717) is 24.3 Å². The number of aromatic nitrogens is 1. The zero-order valence-corrected chi connectivity index (χ0v) is 12.2. The van der Waals surface area contributed by atoms with E-state index in [-0.39, 0.29) is 17.9 Å². The molecule has 0 aliphatic rings. The summed E-state index contributed by atoms with van der Waals surface area (Å²) in [5, 5.41) is 15.9. The minimum absolute atomic E-state index is 0.203. The summed E-state index contributed by atoms with van der Waals surface area (Å²) in [6.45, 7) is 4.23. The van der Waals surface area contributed by atoms with E-state index in [4.69, 9.17) is 4.52 Å². The van der Waals surface area contributed by atoms with Crippen LogP contribution in [-0.2, 0) is 0 Å². The molecule has 0 fully saturated rings. The molecule has 1 aromatic carbocycles. The van der Waals surface area contributed by atoms with Crippen LogP contribution in [0.5, 0.6) is 0 Å². The Kier molecular flexibility index (Phi) is 5.11. The van der Waals surface area contributed by atoms with Crippen LogP contribution >= 0.6 is 0 Å². The number of aliphatic hydroxyl groups is 1. The number of aliphatic hydroxyl groups excluding tert-OH is 1. The standard InChI is InChI=1S/C16H20N2O3/c1-11(8-12(2)19)9-17-16(20)14-10-18-21-15(14)13-6-4-3-5-7-13/h3-7,10-12,19H,8-9H2,1-2H3,(H,17,20). The Bertz CT molecular complexity index is 578. The van der Waals surface area contributed by atoms with Gasteiger partial charge in [0.15, 0.2) is 5.76 Å². The zero-order valence-electron chi connectivity index (χ0n) is 12.2. The van der Waals surface area contributed by atoms with Gasteiger partial charge in [0.2, 0.25) is 0 Å². The van der Waals surface area contributed by atoms with Crippen LogP contribution in [0.2, 0.25) is 0 Å². The van der Waals surface area contributed by atoms with Gasteiger partial charge in [0.1, 0.15) is 5.56 Å². The lowest BCUT2D eigenvalue weighted by Gasteiger charge is -2.13. The van der Waals surface area contributed by atoms with Gasteiger partial charge in [-0.05, 0) is 19.3 Å². The van der Waals surface area contributed by atoms with E-state index in [2.05, 4.69) is 10.5 Å². The summed E-state index contributed by atoms with van der Waals surface area (Å²) >= 11 is 0. The van der Waals surface area contributed by atoms with Crippen molar-refractivity contribution in [1.29, 1.82) is 0 Å². The Morgan fingerprint density at radius 2 is 2.05 bits per heavy atom. The van der Waals surface area contributed by atoms with E-state index in [0.717, 1.165) is 5.56 Å². The predicted molar refractivity (Wildman–Crippen MR) is 79.7 cm³/mol. The maximum Gasteiger partial charge on any atom is 0.256 e. The van der Waals surface area contributed by atoms with Crippen LogP contribution in [0, 0.1) is 5.92 Å². The average molecular weight is 288 g/mol. The van der Waals surface area contributed by atoms with E-state index in [1.807, 2.05) is 37.3 Å². The van der Waals surface area contributed by atoms with Crippen molar-refractivity contribution in [3.8, 4) is 11.3 Å². The molecule has 0 aliphatic heterocycles. The van der Waals surface area contributed by atoms with E-state index in [1.54, 1.807) is 6.92 Å². The number of nitrogens with zero attached hydrogens (tertiary/aromatic N) is 1. The van der Waals surface area contributed by atoms with Crippen LogP contribution in [0.1, 0.15) is 30.6 Å². The van der Waals surface area contributed by atoms with Gasteiger partial charge in [0.05, 0.1) is 12.3 Å². The molecule has 2 N–H and O–H groups in total. The quantitative estimate of drug-likeness (QED) is 0.856. The highest BCUT2D eigenvalue weighted by molar-refractivity contribution is 5.99. The lowest BCUT2D eigenvalue weighted by Crippen LogP contribution is -2.29. The van der Waals surface area contributed by atoms with Crippen LogP contribution in [0.3, 0.4) is 0 Å². The number of rotatable bonds is 6. The Labute approximate surface area is 124 Å². The highest BCUT2D eigenvalue weighted by Gasteiger charge is 2.18. The van der Waals surface area contributed by atoms with Gasteiger partial charge >= 0.3 is 0 Å². The van der Waals surface area contributed by atoms with Crippen LogP contribution < -0.4 is 5.32 Å². The molecule has 2 rings (SSSR count). The second-order valence-corrected chi connectivity index (χ2v) is 5.33. The number of carbonyl (C=O) groups is 1. The second-order valence-electron chi connectivity index (χ2n) is 5.33. The number of carbonyl (C=O) groups excluding carboxylic acids is 1. The van der Waals surface area contributed by atoms with E-state index in [9.17, 15) is 9.90 Å². The molecule has 5 heteroatoms. The van der Waals surface area contributed by atoms with Crippen molar-refractivity contribution < 1.29 is 14.4 Å². The summed E-state index contributed by atoms with van der Waals surface area (Å²) in [5.41, 5.74) is 1.24. The SMILES string of the molecule is CC(O)CC(C)CNC(=O)c1cnoc1-c1ccccc1. The molecule has 0 spiro atoms. The van der Waals surface area contributed by atoms with Crippen molar-refractivity contribution in [3.05, 3.63) is 42.1 Å². The van der Waals surface area contributed by atoms with Crippen molar-refractivity contribution in [3.63, 3.8) is 0 Å². The molecule has 1 heterocycles. The molecule has 112 valence electrons. The van der Waals surface area contributed by atoms with Crippen molar-refractivity contribution in [2.24, 2.45) is 5.92 Å². The zero-order chi connectivity index (χ0) is 15.2. The van der Waals surface area contributed by atoms with Crippen molar-refractivity contribution in [2.75, 3.05) is 6.54 Å². The van der Waals surface area contributed by atoms with E-state index >= 15 is 0 Å². The van der Waals surface area contributed by atoms with Crippen molar-refractivity contribution in [2.45, 2.75) is 26.4 Å². The van der Waals surface area contributed by atoms with Gasteiger partial charge in [0.25, 0.3) is 5.91 Å². The fraction of sp³-hybridized carbons (Fsp3) is 0.375. The fourth-order valence-corrected chi connectivity index (χ4v) is 2.23. The van der Waals surface area contributed by atoms with Gasteiger partial charge < -0.3 is 14.9 Å². The Morgan fingerprint density at radius 3 is 2.71 bits per heavy atom. The van der Waals surface area contributed by atoms with Crippen LogP contribution in [0.25, 0.3) is 11.3 Å². The lowest BCUT2D eigenvalue weighted by atomic mass is 10.0. The molecule has 2 unspecified atom stereocenters. The molecule has 0 aliphatic carbocycles. The topological polar surface area (TPSA) is 75.4 Å². The molecular formula is C16H20N2O3. The lowest BCUT2D eigenvalue weighted by molar-refractivity contribution is 0.0939. The summed E-state index contributed by atoms with van der Waals surface area (Å²) in [6, 6.07) is 9.40. The highest BCUT2D eigenvalue weighted by Crippen LogP contribution is 2.23. The summed E-state index contributed by atoms with van der Waals surface area (Å²) in [4.78, 5) is 12.2. The largest absolute Gasteiger partial charge is 0.393 e. The molecule has 0 radical (unpaired) electrons. The molecule has 1 aromatic heterocycles. The van der Waals surface area contributed by atoms with Gasteiger partial charge in [-0.25, -0.2) is 0 Å². The summed E-state index contributed by atoms with van der Waals surface area (Å²) in [5.74, 6) is 0.456. The molecule has 0 bridgehead atoms. The van der Waals surface area contributed by atoms with Crippen molar-refractivity contribution in [1.82, 2.24) is 10.5 Å². The van der Waals surface area contributed by atoms with Gasteiger partial charge in [-0.1, -0.05) is 42.4 Å². The summed E-state index contributed by atoms with van der Waals surface area (Å²) < 4.78 is 5.19. The monoisotopic (exact) mass is 288 g/mol. The first-order valence-corrected chi connectivity index (χ1v) is 7.04. The highest BCUT2D eigenvalue weighted by atomic mass is 16.5. The minimum Gasteiger partial charge on any atom is -0.393 e. The number of hydrogen-bond acceptors (Lipinski definition) is 4. The third-order valence-electron chi connectivity index (χ3n) is 3.21. The first-order chi connectivity index (χ1) is 10.1. The van der Waals surface area contributed by atoms with E-state index < -0.39 is 0 Å². The van der Waals surface area contributed by atoms with Gasteiger partial charge in [0, 0.05) is 12.1 Å². The number of benzene rings is 1. The van der Waals surface area contributed by atoms with Crippen LogP contribution in [-0.4, -0.2) is 28.8 Å². The third-order valence-corrected chi connectivity index (χ3v) is 3.21. The molecule has 2 aromatic rings. The second kappa shape index (κ2) is 7.04. The summed E-state index contributed by atoms with van der Waals surface area (Å²) in [7, 11) is 0. The first kappa shape index (κ1) is 15.3. The van der Waals surface area contributed by atoms with Crippen LogP contribution in [0.15, 0.2) is 41.1 Å². The smallest absolute Gasteiger partial charge is 0.256 e. The Balaban J connectivity index is 2.03. The van der Waals surface area contributed by atoms with Crippen molar-refractivity contribution >= 4 is 5.91 Å². The molecule has 2 atom stereocenters. The van der Waals surface area contributed by atoms with Gasteiger partial charge in [-0.15, -0.1) is 0 Å². The number of hydrogen-bond donors (Lipinski definition) is 2. The average Bonchev–Trinajstić information content (AvgIpc) is 2.94. The molecule has 0 saturated carbocycles. The first-order valence-electron chi connectivity index (χ1n) is 7.04. The fourth-order valence-electron chi connectivity index (χ4n) is 2.23. The maximum atomic E-state index is 12.2. The van der Waals surface area contributed by atoms with Gasteiger partial charge in [-0.2, -0.15) is 0 Å². The van der Waals surface area contributed by atoms with Gasteiger partial charge in [-0.3, -0.25) is 4.79 Å². The predicted octanol–water partition coefficient (Wildman–Crippen LogP) is 2.48. The number of amides is 1. The molecular weight excluding hydrogens is 268 g/mol. The normalized spacial score (nSPS) is 13.7. The Morgan fingerprint density at radius 1 is 1.33 bits per heavy atom. The molecule has 1 amide bonds.